The van der Waals surface area contributed by atoms with Gasteiger partial charge in [-0.25, -0.2) is 0 Å². The van der Waals surface area contributed by atoms with Crippen LogP contribution < -0.4 is 14.8 Å². The minimum absolute atomic E-state index is 0.0530. The van der Waals surface area contributed by atoms with E-state index in [1.807, 2.05) is 36.2 Å². The molecule has 0 saturated heterocycles. The zero-order valence-corrected chi connectivity index (χ0v) is 14.0. The Hall–Kier alpha value is -2.53. The second-order valence-corrected chi connectivity index (χ2v) is 6.01. The standard InChI is InChI=1S/C19H22N2O3/c1-14-5-3-4-6-15(14)12-21(2)13-19(22)20-16-7-8-17-18(11-16)24-10-9-23-17/h3-8,11H,9-10,12-13H2,1-2H3,(H,20,22). The number of carbonyl (C=O) groups excluding carboxylic acids is 1. The Morgan fingerprint density at radius 3 is 2.67 bits per heavy atom. The number of carbonyl (C=O) groups is 1. The van der Waals surface area contributed by atoms with Crippen LogP contribution in [0.3, 0.4) is 0 Å². The summed E-state index contributed by atoms with van der Waals surface area (Å²) in [4.78, 5) is 14.2. The Bertz CT molecular complexity index is 730. The molecule has 0 unspecified atom stereocenters. The third-order valence-electron chi connectivity index (χ3n) is 3.94. The molecule has 0 saturated carbocycles. The van der Waals surface area contributed by atoms with Gasteiger partial charge in [-0.1, -0.05) is 24.3 Å². The van der Waals surface area contributed by atoms with Gasteiger partial charge in [-0.3, -0.25) is 9.69 Å². The van der Waals surface area contributed by atoms with Crippen LogP contribution in [0.4, 0.5) is 5.69 Å². The van der Waals surface area contributed by atoms with Crippen molar-refractivity contribution < 1.29 is 14.3 Å². The van der Waals surface area contributed by atoms with Crippen molar-refractivity contribution >= 4 is 11.6 Å². The number of benzene rings is 2. The van der Waals surface area contributed by atoms with Gasteiger partial charge in [-0.2, -0.15) is 0 Å². The molecule has 126 valence electrons. The van der Waals surface area contributed by atoms with E-state index in [4.69, 9.17) is 9.47 Å². The Morgan fingerprint density at radius 1 is 1.12 bits per heavy atom. The maximum atomic E-state index is 12.2. The van der Waals surface area contributed by atoms with Crippen LogP contribution in [0.5, 0.6) is 11.5 Å². The van der Waals surface area contributed by atoms with Gasteiger partial charge in [-0.05, 0) is 37.2 Å². The van der Waals surface area contributed by atoms with Gasteiger partial charge in [0.25, 0.3) is 0 Å². The quantitative estimate of drug-likeness (QED) is 0.918. The number of nitrogens with one attached hydrogen (secondary N) is 1. The molecule has 1 aliphatic rings. The van der Waals surface area contributed by atoms with Gasteiger partial charge in [0, 0.05) is 18.3 Å². The highest BCUT2D eigenvalue weighted by Gasteiger charge is 2.13. The van der Waals surface area contributed by atoms with Crippen molar-refractivity contribution in [2.45, 2.75) is 13.5 Å². The van der Waals surface area contributed by atoms with E-state index in [9.17, 15) is 4.79 Å². The number of amides is 1. The normalized spacial score (nSPS) is 13.0. The van der Waals surface area contributed by atoms with E-state index in [0.29, 0.717) is 31.2 Å². The molecule has 1 N–H and O–H groups in total. The van der Waals surface area contributed by atoms with Gasteiger partial charge in [0.05, 0.1) is 6.54 Å². The molecule has 1 aliphatic heterocycles. The number of likely N-dealkylation sites (N-methyl/N-ethyl adjacent to an activating group) is 1. The maximum absolute atomic E-state index is 12.2. The predicted molar refractivity (Wildman–Crippen MR) is 93.6 cm³/mol. The minimum atomic E-state index is -0.0530. The van der Waals surface area contributed by atoms with E-state index in [2.05, 4.69) is 24.4 Å². The van der Waals surface area contributed by atoms with Crippen molar-refractivity contribution in [1.82, 2.24) is 4.90 Å². The molecule has 0 fully saturated rings. The van der Waals surface area contributed by atoms with Gasteiger partial charge in [0.15, 0.2) is 11.5 Å². The average Bonchev–Trinajstić information content (AvgIpc) is 2.56. The summed E-state index contributed by atoms with van der Waals surface area (Å²) in [5, 5.41) is 2.91. The number of hydrogen-bond acceptors (Lipinski definition) is 4. The van der Waals surface area contributed by atoms with Gasteiger partial charge < -0.3 is 14.8 Å². The lowest BCUT2D eigenvalue weighted by Gasteiger charge is -2.20. The van der Waals surface area contributed by atoms with Gasteiger partial charge >= 0.3 is 0 Å². The van der Waals surface area contributed by atoms with Crippen molar-refractivity contribution in [3.05, 3.63) is 53.6 Å². The molecule has 2 aromatic carbocycles. The van der Waals surface area contributed by atoms with Crippen LogP contribution in [-0.2, 0) is 11.3 Å². The highest BCUT2D eigenvalue weighted by atomic mass is 16.6. The van der Waals surface area contributed by atoms with E-state index < -0.39 is 0 Å². The van der Waals surface area contributed by atoms with Crippen LogP contribution in [-0.4, -0.2) is 37.6 Å². The summed E-state index contributed by atoms with van der Waals surface area (Å²) < 4.78 is 11.0. The van der Waals surface area contributed by atoms with E-state index >= 15 is 0 Å². The number of nitrogens with zero attached hydrogens (tertiary/aromatic N) is 1. The first-order chi connectivity index (χ1) is 11.6. The highest BCUT2D eigenvalue weighted by Crippen LogP contribution is 2.32. The molecular formula is C19H22N2O3. The predicted octanol–water partition coefficient (Wildman–Crippen LogP) is 2.84. The summed E-state index contributed by atoms with van der Waals surface area (Å²) in [6, 6.07) is 13.7. The lowest BCUT2D eigenvalue weighted by molar-refractivity contribution is -0.117. The molecule has 24 heavy (non-hydrogen) atoms. The van der Waals surface area contributed by atoms with Crippen LogP contribution in [0.25, 0.3) is 0 Å². The summed E-state index contributed by atoms with van der Waals surface area (Å²) in [5.74, 6) is 1.34. The number of hydrogen-bond donors (Lipinski definition) is 1. The zero-order chi connectivity index (χ0) is 16.9. The van der Waals surface area contributed by atoms with E-state index in [1.54, 1.807) is 6.07 Å². The first-order valence-corrected chi connectivity index (χ1v) is 8.04. The summed E-state index contributed by atoms with van der Waals surface area (Å²) >= 11 is 0. The third-order valence-corrected chi connectivity index (χ3v) is 3.94. The average molecular weight is 326 g/mol. The summed E-state index contributed by atoms with van der Waals surface area (Å²) in [7, 11) is 1.94. The third kappa shape index (κ3) is 4.06. The van der Waals surface area contributed by atoms with Crippen molar-refractivity contribution in [2.75, 3.05) is 32.1 Å². The molecule has 1 amide bonds. The van der Waals surface area contributed by atoms with E-state index in [-0.39, 0.29) is 5.91 Å². The van der Waals surface area contributed by atoms with Crippen molar-refractivity contribution in [2.24, 2.45) is 0 Å². The Kier molecular flexibility index (Phi) is 5.01. The van der Waals surface area contributed by atoms with Crippen LogP contribution >= 0.6 is 0 Å². The molecule has 0 atom stereocenters. The fourth-order valence-electron chi connectivity index (χ4n) is 2.70. The number of fused-ring (bicyclic) bond motifs is 1. The van der Waals surface area contributed by atoms with Gasteiger partial charge in [0.1, 0.15) is 13.2 Å². The molecule has 2 aromatic rings. The molecule has 0 bridgehead atoms. The van der Waals surface area contributed by atoms with Crippen molar-refractivity contribution in [3.8, 4) is 11.5 Å². The number of aryl methyl sites for hydroxylation is 1. The molecule has 1 heterocycles. The van der Waals surface area contributed by atoms with Crippen LogP contribution in [0.15, 0.2) is 42.5 Å². The van der Waals surface area contributed by atoms with Crippen molar-refractivity contribution in [1.29, 1.82) is 0 Å². The van der Waals surface area contributed by atoms with E-state index in [0.717, 1.165) is 12.3 Å². The molecule has 3 rings (SSSR count). The largest absolute Gasteiger partial charge is 0.486 e. The van der Waals surface area contributed by atoms with Gasteiger partial charge in [-0.15, -0.1) is 0 Å². The number of anilines is 1. The lowest BCUT2D eigenvalue weighted by Crippen LogP contribution is -2.30. The van der Waals surface area contributed by atoms with Crippen molar-refractivity contribution in [3.63, 3.8) is 0 Å². The zero-order valence-electron chi connectivity index (χ0n) is 14.0. The second kappa shape index (κ2) is 7.36. The highest BCUT2D eigenvalue weighted by molar-refractivity contribution is 5.92. The van der Waals surface area contributed by atoms with Crippen LogP contribution in [0.2, 0.25) is 0 Å². The molecule has 0 spiro atoms. The van der Waals surface area contributed by atoms with E-state index in [1.165, 1.54) is 11.1 Å². The maximum Gasteiger partial charge on any atom is 0.238 e. The van der Waals surface area contributed by atoms with Crippen LogP contribution in [0.1, 0.15) is 11.1 Å². The summed E-state index contributed by atoms with van der Waals surface area (Å²) in [6.07, 6.45) is 0. The SMILES string of the molecule is Cc1ccccc1CN(C)CC(=O)Nc1ccc2c(c1)OCCO2. The lowest BCUT2D eigenvalue weighted by atomic mass is 10.1. The monoisotopic (exact) mass is 326 g/mol. The summed E-state index contributed by atoms with van der Waals surface area (Å²) in [6.45, 7) is 4.23. The molecule has 5 nitrogen and oxygen atoms in total. The number of ether oxygens (including phenoxy) is 2. The van der Waals surface area contributed by atoms with Gasteiger partial charge in [0.2, 0.25) is 5.91 Å². The number of rotatable bonds is 5. The Labute approximate surface area is 142 Å². The molecular weight excluding hydrogens is 304 g/mol. The fraction of sp³-hybridized carbons (Fsp3) is 0.316. The molecule has 0 aromatic heterocycles. The fourth-order valence-corrected chi connectivity index (χ4v) is 2.70. The molecule has 0 aliphatic carbocycles. The second-order valence-electron chi connectivity index (χ2n) is 6.01. The first kappa shape index (κ1) is 16.3. The topological polar surface area (TPSA) is 50.8 Å². The Morgan fingerprint density at radius 2 is 1.88 bits per heavy atom. The minimum Gasteiger partial charge on any atom is -0.486 e. The van der Waals surface area contributed by atoms with Crippen LogP contribution in [0, 0.1) is 6.92 Å². The first-order valence-electron chi connectivity index (χ1n) is 8.04. The summed E-state index contributed by atoms with van der Waals surface area (Å²) in [5.41, 5.74) is 3.18. The molecule has 0 radical (unpaired) electrons. The smallest absolute Gasteiger partial charge is 0.238 e. The molecule has 5 heteroatoms. The Balaban J connectivity index is 1.56.